The minimum Gasteiger partial charge on any atom is -0.335 e. The Labute approximate surface area is 148 Å². The molecule has 126 valence electrons. The quantitative estimate of drug-likeness (QED) is 0.829. The van der Waals surface area contributed by atoms with Crippen molar-refractivity contribution in [3.63, 3.8) is 0 Å². The van der Waals surface area contributed by atoms with E-state index in [1.165, 1.54) is 0 Å². The SMILES string of the molecule is O=C(CCCS(=O)c1ccc(Br)cc1)N1C2CCNCC1CC2. The lowest BCUT2D eigenvalue weighted by Crippen LogP contribution is -2.42. The number of carbonyl (C=O) groups excluding carboxylic acids is 1. The number of hydrogen-bond donors (Lipinski definition) is 1. The zero-order valence-corrected chi connectivity index (χ0v) is 15.6. The molecule has 1 aromatic rings. The monoisotopic (exact) mass is 398 g/mol. The van der Waals surface area contributed by atoms with E-state index in [0.29, 0.717) is 30.7 Å². The average Bonchev–Trinajstić information content (AvgIpc) is 2.80. The highest BCUT2D eigenvalue weighted by Gasteiger charge is 2.37. The number of nitrogens with zero attached hydrogens (tertiary/aromatic N) is 1. The zero-order valence-electron chi connectivity index (χ0n) is 13.2. The van der Waals surface area contributed by atoms with Crippen LogP contribution < -0.4 is 5.32 Å². The summed E-state index contributed by atoms with van der Waals surface area (Å²) < 4.78 is 13.3. The zero-order chi connectivity index (χ0) is 16.2. The van der Waals surface area contributed by atoms with Crippen molar-refractivity contribution >= 4 is 32.6 Å². The lowest BCUT2D eigenvalue weighted by molar-refractivity contribution is -0.133. The molecule has 6 heteroatoms. The molecule has 4 nitrogen and oxygen atoms in total. The largest absolute Gasteiger partial charge is 0.335 e. The van der Waals surface area contributed by atoms with Crippen LogP contribution in [0.4, 0.5) is 0 Å². The van der Waals surface area contributed by atoms with Crippen LogP contribution in [-0.2, 0) is 15.6 Å². The molecule has 1 amide bonds. The predicted octanol–water partition coefficient (Wildman–Crippen LogP) is 2.69. The van der Waals surface area contributed by atoms with E-state index in [-0.39, 0.29) is 5.91 Å². The molecule has 2 aliphatic heterocycles. The van der Waals surface area contributed by atoms with Crippen LogP contribution in [0, 0.1) is 0 Å². The predicted molar refractivity (Wildman–Crippen MR) is 95.8 cm³/mol. The standard InChI is InChI=1S/C17H23BrN2O2S/c18-13-3-7-16(8-4-13)23(22)11-1-2-17(21)20-14-5-6-15(20)12-19-10-9-14/h3-4,7-8,14-15,19H,1-2,5-6,9-12H2. The average molecular weight is 399 g/mol. The second-order valence-electron chi connectivity index (χ2n) is 6.29. The van der Waals surface area contributed by atoms with E-state index >= 15 is 0 Å². The van der Waals surface area contributed by atoms with Gasteiger partial charge in [0.15, 0.2) is 0 Å². The minimum absolute atomic E-state index is 0.244. The van der Waals surface area contributed by atoms with Gasteiger partial charge in [-0.2, -0.15) is 0 Å². The van der Waals surface area contributed by atoms with Crippen molar-refractivity contribution in [3.8, 4) is 0 Å². The Morgan fingerprint density at radius 3 is 2.74 bits per heavy atom. The molecule has 0 aliphatic carbocycles. The highest BCUT2D eigenvalue weighted by molar-refractivity contribution is 9.10. The van der Waals surface area contributed by atoms with Crippen molar-refractivity contribution in [2.24, 2.45) is 0 Å². The molecule has 1 N–H and O–H groups in total. The first-order chi connectivity index (χ1) is 11.1. The molecule has 2 fully saturated rings. The fourth-order valence-corrected chi connectivity index (χ4v) is 4.92. The number of halogens is 1. The molecule has 0 saturated carbocycles. The van der Waals surface area contributed by atoms with E-state index in [1.54, 1.807) is 0 Å². The number of hydrogen-bond acceptors (Lipinski definition) is 3. The molecule has 23 heavy (non-hydrogen) atoms. The lowest BCUT2D eigenvalue weighted by Gasteiger charge is -2.28. The van der Waals surface area contributed by atoms with Gasteiger partial charge in [-0.15, -0.1) is 0 Å². The van der Waals surface area contributed by atoms with Crippen molar-refractivity contribution < 1.29 is 9.00 Å². The van der Waals surface area contributed by atoms with Crippen LogP contribution in [0.15, 0.2) is 33.6 Å². The molecule has 2 bridgehead atoms. The smallest absolute Gasteiger partial charge is 0.223 e. The van der Waals surface area contributed by atoms with Crippen molar-refractivity contribution in [2.75, 3.05) is 18.8 Å². The van der Waals surface area contributed by atoms with Crippen molar-refractivity contribution in [3.05, 3.63) is 28.7 Å². The van der Waals surface area contributed by atoms with Gasteiger partial charge >= 0.3 is 0 Å². The molecule has 2 aliphatic rings. The summed E-state index contributed by atoms with van der Waals surface area (Å²) in [6.07, 6.45) is 4.52. The van der Waals surface area contributed by atoms with Gasteiger partial charge < -0.3 is 10.2 Å². The third kappa shape index (κ3) is 4.22. The maximum Gasteiger partial charge on any atom is 0.223 e. The van der Waals surface area contributed by atoms with E-state index < -0.39 is 10.8 Å². The van der Waals surface area contributed by atoms with Gasteiger partial charge in [-0.3, -0.25) is 9.00 Å². The maximum atomic E-state index is 12.6. The van der Waals surface area contributed by atoms with Crippen molar-refractivity contribution in [1.29, 1.82) is 0 Å². The van der Waals surface area contributed by atoms with Crippen LogP contribution in [0.1, 0.15) is 32.1 Å². The second-order valence-corrected chi connectivity index (χ2v) is 8.77. The lowest BCUT2D eigenvalue weighted by atomic mass is 10.1. The van der Waals surface area contributed by atoms with Crippen LogP contribution in [-0.4, -0.2) is 45.9 Å². The van der Waals surface area contributed by atoms with E-state index in [9.17, 15) is 9.00 Å². The minimum atomic E-state index is -1.02. The van der Waals surface area contributed by atoms with E-state index in [0.717, 1.165) is 41.7 Å². The fourth-order valence-electron chi connectivity index (χ4n) is 3.58. The van der Waals surface area contributed by atoms with Crippen molar-refractivity contribution in [1.82, 2.24) is 10.2 Å². The van der Waals surface area contributed by atoms with Crippen LogP contribution in [0.2, 0.25) is 0 Å². The summed E-state index contributed by atoms with van der Waals surface area (Å²) in [5.41, 5.74) is 0. The Balaban J connectivity index is 1.49. The summed E-state index contributed by atoms with van der Waals surface area (Å²) in [6.45, 7) is 1.94. The Morgan fingerprint density at radius 2 is 1.96 bits per heavy atom. The van der Waals surface area contributed by atoms with E-state index in [1.807, 2.05) is 24.3 Å². The summed E-state index contributed by atoms with van der Waals surface area (Å²) in [5, 5.41) is 3.42. The summed E-state index contributed by atoms with van der Waals surface area (Å²) in [6, 6.07) is 8.35. The number of benzene rings is 1. The molecule has 3 atom stereocenters. The van der Waals surface area contributed by atoms with Crippen LogP contribution in [0.5, 0.6) is 0 Å². The third-order valence-corrected chi connectivity index (χ3v) is 6.73. The summed E-state index contributed by atoms with van der Waals surface area (Å²) in [7, 11) is -1.02. The Hall–Kier alpha value is -0.720. The Kier molecular flexibility index (Phi) is 5.88. The van der Waals surface area contributed by atoms with Crippen molar-refractivity contribution in [2.45, 2.75) is 49.1 Å². The third-order valence-electron chi connectivity index (χ3n) is 4.74. The van der Waals surface area contributed by atoms with Crippen LogP contribution >= 0.6 is 15.9 Å². The van der Waals surface area contributed by atoms with E-state index in [4.69, 9.17) is 0 Å². The van der Waals surface area contributed by atoms with Gasteiger partial charge in [-0.25, -0.2) is 0 Å². The number of carbonyl (C=O) groups is 1. The van der Waals surface area contributed by atoms with Gasteiger partial charge in [0, 0.05) is 40.2 Å². The first kappa shape index (κ1) is 17.1. The summed E-state index contributed by atoms with van der Waals surface area (Å²) in [4.78, 5) is 15.5. The van der Waals surface area contributed by atoms with Gasteiger partial charge in [-0.1, -0.05) is 15.9 Å². The highest BCUT2D eigenvalue weighted by Crippen LogP contribution is 2.28. The van der Waals surface area contributed by atoms with Gasteiger partial charge in [0.05, 0.1) is 10.8 Å². The normalized spacial score (nSPS) is 25.2. The van der Waals surface area contributed by atoms with E-state index in [2.05, 4.69) is 26.1 Å². The maximum absolute atomic E-state index is 12.6. The van der Waals surface area contributed by atoms with Crippen LogP contribution in [0.3, 0.4) is 0 Å². The van der Waals surface area contributed by atoms with Gasteiger partial charge in [0.25, 0.3) is 0 Å². The highest BCUT2D eigenvalue weighted by atomic mass is 79.9. The number of amides is 1. The summed E-state index contributed by atoms with van der Waals surface area (Å²) in [5.74, 6) is 0.795. The molecule has 0 radical (unpaired) electrons. The Morgan fingerprint density at radius 1 is 1.22 bits per heavy atom. The van der Waals surface area contributed by atoms with Gasteiger partial charge in [-0.05, 0) is 56.5 Å². The fraction of sp³-hybridized carbons (Fsp3) is 0.588. The molecule has 1 aromatic carbocycles. The molecule has 0 aromatic heterocycles. The van der Waals surface area contributed by atoms with Gasteiger partial charge in [0.2, 0.25) is 5.91 Å². The molecular weight excluding hydrogens is 376 g/mol. The molecule has 2 heterocycles. The topological polar surface area (TPSA) is 49.4 Å². The summed E-state index contributed by atoms with van der Waals surface area (Å²) >= 11 is 3.38. The first-order valence-electron chi connectivity index (χ1n) is 8.31. The molecule has 0 spiro atoms. The van der Waals surface area contributed by atoms with Crippen LogP contribution in [0.25, 0.3) is 0 Å². The number of fused-ring (bicyclic) bond motifs is 2. The molecule has 3 rings (SSSR count). The number of rotatable bonds is 5. The number of nitrogens with one attached hydrogen (secondary N) is 1. The Bertz CT molecular complexity index is 564. The second kappa shape index (κ2) is 7.90. The molecular formula is C17H23BrN2O2S. The molecule has 3 unspecified atom stereocenters. The van der Waals surface area contributed by atoms with Gasteiger partial charge in [0.1, 0.15) is 0 Å². The first-order valence-corrected chi connectivity index (χ1v) is 10.4. The molecule has 2 saturated heterocycles.